The average Bonchev–Trinajstić information content (AvgIpc) is 2.89. The molecular weight excluding hydrogens is 307 g/mol. The molecule has 0 unspecified atom stereocenters. The van der Waals surface area contributed by atoms with Crippen molar-refractivity contribution in [1.82, 2.24) is 0 Å². The monoisotopic (exact) mass is 318 g/mol. The fourth-order valence-corrected chi connectivity index (χ4v) is 4.06. The molecule has 106 valence electrons. The average molecular weight is 318 g/mol. The van der Waals surface area contributed by atoms with Crippen LogP contribution in [0.3, 0.4) is 0 Å². The second-order valence-electron chi connectivity index (χ2n) is 4.49. The maximum absolute atomic E-state index is 13.4. The highest BCUT2D eigenvalue weighted by molar-refractivity contribution is 7.98. The summed E-state index contributed by atoms with van der Waals surface area (Å²) < 4.78 is 14.6. The van der Waals surface area contributed by atoms with E-state index >= 15 is 0 Å². The first-order valence-corrected chi connectivity index (χ1v) is 8.12. The van der Waals surface area contributed by atoms with Crippen LogP contribution in [0.5, 0.6) is 0 Å². The molecule has 0 spiro atoms. The second-order valence-corrected chi connectivity index (χ2v) is 6.45. The Morgan fingerprint density at radius 2 is 2.05 bits per heavy atom. The number of benzene rings is 2. The molecule has 1 aromatic heterocycles. The molecule has 0 aliphatic rings. The van der Waals surface area contributed by atoms with Gasteiger partial charge in [-0.25, -0.2) is 9.18 Å². The topological polar surface area (TPSA) is 37.3 Å². The fourth-order valence-electron chi connectivity index (χ4n) is 2.06. The number of rotatable bonds is 4. The molecule has 1 N–H and O–H groups in total. The van der Waals surface area contributed by atoms with Crippen LogP contribution in [-0.4, -0.2) is 11.1 Å². The number of carbonyl (C=O) groups is 1. The Bertz CT molecular complexity index is 811. The van der Waals surface area contributed by atoms with Gasteiger partial charge < -0.3 is 5.11 Å². The predicted molar refractivity (Wildman–Crippen MR) is 84.7 cm³/mol. The number of hydrogen-bond donors (Lipinski definition) is 1. The zero-order valence-electron chi connectivity index (χ0n) is 10.9. The molecule has 0 amide bonds. The van der Waals surface area contributed by atoms with Gasteiger partial charge in [-0.15, -0.1) is 23.1 Å². The highest BCUT2D eigenvalue weighted by Gasteiger charge is 2.11. The van der Waals surface area contributed by atoms with Crippen LogP contribution < -0.4 is 0 Å². The van der Waals surface area contributed by atoms with Gasteiger partial charge in [-0.2, -0.15) is 0 Å². The lowest BCUT2D eigenvalue weighted by Crippen LogP contribution is -2.00. The summed E-state index contributed by atoms with van der Waals surface area (Å²) in [5.74, 6) is -1.21. The Hall–Kier alpha value is -1.85. The minimum absolute atomic E-state index is 0.282. The Kier molecular flexibility index (Phi) is 3.94. The van der Waals surface area contributed by atoms with E-state index in [9.17, 15) is 9.18 Å². The lowest BCUT2D eigenvalue weighted by molar-refractivity contribution is 0.0691. The van der Waals surface area contributed by atoms with E-state index in [0.29, 0.717) is 0 Å². The normalized spacial score (nSPS) is 10.9. The summed E-state index contributed by atoms with van der Waals surface area (Å²) in [6.45, 7) is 0. The van der Waals surface area contributed by atoms with Crippen molar-refractivity contribution in [2.75, 3.05) is 0 Å². The minimum Gasteiger partial charge on any atom is -0.478 e. The molecule has 0 radical (unpaired) electrons. The molecule has 0 bridgehead atoms. The third-order valence-electron chi connectivity index (χ3n) is 3.12. The summed E-state index contributed by atoms with van der Waals surface area (Å²) in [5.41, 5.74) is 0.928. The van der Waals surface area contributed by atoms with E-state index in [2.05, 4.69) is 17.5 Å². The largest absolute Gasteiger partial charge is 0.478 e. The summed E-state index contributed by atoms with van der Waals surface area (Å²) >= 11 is 3.20. The summed E-state index contributed by atoms with van der Waals surface area (Å²) in [6.07, 6.45) is 0. The van der Waals surface area contributed by atoms with Gasteiger partial charge >= 0.3 is 5.97 Å². The zero-order valence-corrected chi connectivity index (χ0v) is 12.5. The van der Waals surface area contributed by atoms with E-state index < -0.39 is 11.8 Å². The summed E-state index contributed by atoms with van der Waals surface area (Å²) in [6, 6.07) is 12.4. The van der Waals surface area contributed by atoms with Crippen LogP contribution in [0.2, 0.25) is 0 Å². The van der Waals surface area contributed by atoms with E-state index in [1.807, 2.05) is 12.1 Å². The third kappa shape index (κ3) is 2.94. The van der Waals surface area contributed by atoms with Crippen LogP contribution in [0.15, 0.2) is 52.7 Å². The Labute approximate surface area is 129 Å². The summed E-state index contributed by atoms with van der Waals surface area (Å²) in [4.78, 5) is 11.7. The molecule has 5 heteroatoms. The van der Waals surface area contributed by atoms with Crippen molar-refractivity contribution in [3.63, 3.8) is 0 Å². The van der Waals surface area contributed by atoms with Crippen molar-refractivity contribution in [2.45, 2.75) is 10.6 Å². The lowest BCUT2D eigenvalue weighted by Gasteiger charge is -2.04. The maximum atomic E-state index is 13.4. The molecule has 2 aromatic carbocycles. The van der Waals surface area contributed by atoms with Crippen molar-refractivity contribution in [1.29, 1.82) is 0 Å². The van der Waals surface area contributed by atoms with Crippen LogP contribution in [0.4, 0.5) is 4.39 Å². The number of carboxylic acid groups (broad SMARTS) is 1. The molecule has 0 saturated heterocycles. The first kappa shape index (κ1) is 14.1. The summed E-state index contributed by atoms with van der Waals surface area (Å²) in [7, 11) is 0. The van der Waals surface area contributed by atoms with Gasteiger partial charge in [-0.05, 0) is 40.6 Å². The van der Waals surface area contributed by atoms with Crippen molar-refractivity contribution in [2.24, 2.45) is 0 Å². The number of thioether (sulfide) groups is 1. The Morgan fingerprint density at radius 1 is 1.24 bits per heavy atom. The smallest absolute Gasteiger partial charge is 0.338 e. The van der Waals surface area contributed by atoms with E-state index in [0.717, 1.165) is 10.6 Å². The molecule has 0 saturated carbocycles. The Morgan fingerprint density at radius 3 is 2.86 bits per heavy atom. The van der Waals surface area contributed by atoms with Crippen LogP contribution in [0, 0.1) is 5.82 Å². The van der Waals surface area contributed by atoms with E-state index in [1.54, 1.807) is 17.4 Å². The van der Waals surface area contributed by atoms with Crippen LogP contribution in [0.1, 0.15) is 15.9 Å². The lowest BCUT2D eigenvalue weighted by atomic mass is 10.2. The summed E-state index contributed by atoms with van der Waals surface area (Å²) in [5, 5.41) is 12.3. The molecule has 3 rings (SSSR count). The van der Waals surface area contributed by atoms with Gasteiger partial charge in [0.05, 0.1) is 5.56 Å². The minimum atomic E-state index is -1.24. The first-order valence-electron chi connectivity index (χ1n) is 6.26. The van der Waals surface area contributed by atoms with Gasteiger partial charge in [0.1, 0.15) is 5.82 Å². The molecule has 2 nitrogen and oxygen atoms in total. The SMILES string of the molecule is O=C(O)c1cc(SCc2csc3ccccc23)ccc1F. The number of fused-ring (bicyclic) bond motifs is 1. The highest BCUT2D eigenvalue weighted by atomic mass is 32.2. The molecule has 0 aliphatic heterocycles. The van der Waals surface area contributed by atoms with Gasteiger partial charge in [0.25, 0.3) is 0 Å². The molecule has 21 heavy (non-hydrogen) atoms. The Balaban J connectivity index is 1.82. The van der Waals surface area contributed by atoms with Crippen LogP contribution >= 0.6 is 23.1 Å². The van der Waals surface area contributed by atoms with Gasteiger partial charge in [0, 0.05) is 15.3 Å². The maximum Gasteiger partial charge on any atom is 0.338 e. The van der Waals surface area contributed by atoms with Crippen LogP contribution in [-0.2, 0) is 5.75 Å². The predicted octanol–water partition coefficient (Wildman–Crippen LogP) is 5.03. The van der Waals surface area contributed by atoms with Gasteiger partial charge in [0.15, 0.2) is 0 Å². The molecule has 3 aromatic rings. The van der Waals surface area contributed by atoms with Gasteiger partial charge in [-0.3, -0.25) is 0 Å². The van der Waals surface area contributed by atoms with Crippen molar-refractivity contribution < 1.29 is 14.3 Å². The number of thiophene rings is 1. The van der Waals surface area contributed by atoms with E-state index in [4.69, 9.17) is 5.11 Å². The fraction of sp³-hybridized carbons (Fsp3) is 0.0625. The van der Waals surface area contributed by atoms with E-state index in [1.165, 1.54) is 39.5 Å². The standard InChI is InChI=1S/C16H11FO2S2/c17-14-6-5-11(7-13(14)16(18)19)20-8-10-9-21-15-4-2-1-3-12(10)15/h1-7,9H,8H2,(H,18,19). The molecule has 1 heterocycles. The zero-order chi connectivity index (χ0) is 14.8. The second kappa shape index (κ2) is 5.87. The van der Waals surface area contributed by atoms with Crippen molar-refractivity contribution in [3.05, 3.63) is 64.8 Å². The number of hydrogen-bond acceptors (Lipinski definition) is 3. The van der Waals surface area contributed by atoms with Gasteiger partial charge in [-0.1, -0.05) is 18.2 Å². The first-order chi connectivity index (χ1) is 10.1. The molecule has 0 atom stereocenters. The quantitative estimate of drug-likeness (QED) is 0.685. The molecule has 0 aliphatic carbocycles. The number of carboxylic acids is 1. The number of aromatic carboxylic acids is 1. The number of halogens is 1. The van der Waals surface area contributed by atoms with E-state index in [-0.39, 0.29) is 5.56 Å². The third-order valence-corrected chi connectivity index (χ3v) is 5.18. The van der Waals surface area contributed by atoms with Crippen molar-refractivity contribution in [3.8, 4) is 0 Å². The van der Waals surface area contributed by atoms with Crippen molar-refractivity contribution >= 4 is 39.2 Å². The van der Waals surface area contributed by atoms with Gasteiger partial charge in [0.2, 0.25) is 0 Å². The van der Waals surface area contributed by atoms with Crippen LogP contribution in [0.25, 0.3) is 10.1 Å². The molecule has 0 fully saturated rings. The highest BCUT2D eigenvalue weighted by Crippen LogP contribution is 2.31. The molecular formula is C16H11FO2S2.